The van der Waals surface area contributed by atoms with Crippen LogP contribution in [0.25, 0.3) is 0 Å². The highest BCUT2D eigenvalue weighted by atomic mass is 16.3. The standard InChI is InChI=1S/C19H25N3O2/c1-21(2)18-10-6-9-17(13-18)14-20-19(24)22(11-12-23)15-16-7-4-3-5-8-16/h3-10,13,23H,11-12,14-15H2,1-2H3,(H,20,24). The molecular formula is C19H25N3O2. The molecule has 2 aromatic rings. The summed E-state index contributed by atoms with van der Waals surface area (Å²) >= 11 is 0. The Kier molecular flexibility index (Phi) is 6.63. The van der Waals surface area contributed by atoms with Gasteiger partial charge in [0.25, 0.3) is 0 Å². The summed E-state index contributed by atoms with van der Waals surface area (Å²) in [5.41, 5.74) is 3.17. The second kappa shape index (κ2) is 8.93. The van der Waals surface area contributed by atoms with Crippen molar-refractivity contribution < 1.29 is 9.90 Å². The molecule has 0 atom stereocenters. The molecule has 0 saturated carbocycles. The first-order chi connectivity index (χ1) is 11.6. The number of benzene rings is 2. The van der Waals surface area contributed by atoms with Gasteiger partial charge in [0.15, 0.2) is 0 Å². The van der Waals surface area contributed by atoms with Crippen molar-refractivity contribution in [3.63, 3.8) is 0 Å². The monoisotopic (exact) mass is 327 g/mol. The highest BCUT2D eigenvalue weighted by molar-refractivity contribution is 5.74. The van der Waals surface area contributed by atoms with Crippen LogP contribution in [0.3, 0.4) is 0 Å². The molecule has 2 aromatic carbocycles. The van der Waals surface area contributed by atoms with Crippen LogP contribution in [0.1, 0.15) is 11.1 Å². The lowest BCUT2D eigenvalue weighted by atomic mass is 10.2. The van der Waals surface area contributed by atoms with Gasteiger partial charge in [-0.05, 0) is 23.3 Å². The van der Waals surface area contributed by atoms with Crippen LogP contribution in [0.2, 0.25) is 0 Å². The zero-order chi connectivity index (χ0) is 17.4. The van der Waals surface area contributed by atoms with E-state index in [0.717, 1.165) is 16.8 Å². The van der Waals surface area contributed by atoms with Crippen molar-refractivity contribution in [1.29, 1.82) is 0 Å². The van der Waals surface area contributed by atoms with Crippen LogP contribution in [0.5, 0.6) is 0 Å². The van der Waals surface area contributed by atoms with Crippen molar-refractivity contribution in [1.82, 2.24) is 10.2 Å². The van der Waals surface area contributed by atoms with E-state index in [0.29, 0.717) is 19.6 Å². The van der Waals surface area contributed by atoms with Crippen LogP contribution >= 0.6 is 0 Å². The van der Waals surface area contributed by atoms with Gasteiger partial charge in [-0.3, -0.25) is 0 Å². The third-order valence-corrected chi connectivity index (χ3v) is 3.74. The lowest BCUT2D eigenvalue weighted by Crippen LogP contribution is -2.40. The van der Waals surface area contributed by atoms with Gasteiger partial charge in [-0.1, -0.05) is 42.5 Å². The van der Waals surface area contributed by atoms with Crippen molar-refractivity contribution in [3.8, 4) is 0 Å². The highest BCUT2D eigenvalue weighted by Gasteiger charge is 2.13. The summed E-state index contributed by atoms with van der Waals surface area (Å²) in [7, 11) is 3.97. The maximum Gasteiger partial charge on any atom is 0.318 e. The van der Waals surface area contributed by atoms with E-state index < -0.39 is 0 Å². The van der Waals surface area contributed by atoms with Gasteiger partial charge in [-0.2, -0.15) is 0 Å². The molecule has 2 N–H and O–H groups in total. The van der Waals surface area contributed by atoms with Gasteiger partial charge in [0.2, 0.25) is 0 Å². The number of nitrogens with zero attached hydrogens (tertiary/aromatic N) is 2. The third kappa shape index (κ3) is 5.28. The first-order valence-corrected chi connectivity index (χ1v) is 8.04. The van der Waals surface area contributed by atoms with Crippen LogP contribution in [-0.2, 0) is 13.1 Å². The second-order valence-corrected chi connectivity index (χ2v) is 5.85. The van der Waals surface area contributed by atoms with E-state index in [4.69, 9.17) is 0 Å². The molecule has 24 heavy (non-hydrogen) atoms. The van der Waals surface area contributed by atoms with E-state index in [1.165, 1.54) is 0 Å². The fourth-order valence-electron chi connectivity index (χ4n) is 2.41. The lowest BCUT2D eigenvalue weighted by molar-refractivity contribution is 0.173. The number of urea groups is 1. The van der Waals surface area contributed by atoms with Crippen molar-refractivity contribution in [2.75, 3.05) is 32.1 Å². The minimum absolute atomic E-state index is 0.0592. The Morgan fingerprint density at radius 2 is 1.75 bits per heavy atom. The summed E-state index contributed by atoms with van der Waals surface area (Å²) < 4.78 is 0. The number of carbonyl (C=O) groups excluding carboxylic acids is 1. The Labute approximate surface area is 143 Å². The van der Waals surface area contributed by atoms with Crippen molar-refractivity contribution in [3.05, 3.63) is 65.7 Å². The summed E-state index contributed by atoms with van der Waals surface area (Å²) in [5, 5.41) is 12.1. The summed E-state index contributed by atoms with van der Waals surface area (Å²) in [5.74, 6) is 0. The molecule has 0 saturated heterocycles. The van der Waals surface area contributed by atoms with Gasteiger partial charge in [0.1, 0.15) is 0 Å². The van der Waals surface area contributed by atoms with Gasteiger partial charge in [-0.15, -0.1) is 0 Å². The molecule has 2 amide bonds. The quantitative estimate of drug-likeness (QED) is 0.821. The van der Waals surface area contributed by atoms with Crippen LogP contribution in [0.15, 0.2) is 54.6 Å². The molecule has 0 aromatic heterocycles. The molecule has 5 heteroatoms. The smallest absolute Gasteiger partial charge is 0.318 e. The zero-order valence-corrected chi connectivity index (χ0v) is 14.3. The van der Waals surface area contributed by atoms with Gasteiger partial charge in [0.05, 0.1) is 6.61 Å². The van der Waals surface area contributed by atoms with E-state index >= 15 is 0 Å². The number of amides is 2. The number of carbonyl (C=O) groups is 1. The number of nitrogens with one attached hydrogen (secondary N) is 1. The topological polar surface area (TPSA) is 55.8 Å². The average Bonchev–Trinajstić information content (AvgIpc) is 2.60. The van der Waals surface area contributed by atoms with E-state index in [1.807, 2.05) is 73.6 Å². The molecule has 0 spiro atoms. The van der Waals surface area contributed by atoms with Crippen molar-refractivity contribution in [2.45, 2.75) is 13.1 Å². The first kappa shape index (κ1) is 17.8. The summed E-state index contributed by atoms with van der Waals surface area (Å²) in [6.45, 7) is 1.18. The number of aliphatic hydroxyl groups is 1. The van der Waals surface area contributed by atoms with Crippen LogP contribution in [0.4, 0.5) is 10.5 Å². The highest BCUT2D eigenvalue weighted by Crippen LogP contribution is 2.13. The van der Waals surface area contributed by atoms with Gasteiger partial charge >= 0.3 is 6.03 Å². The maximum atomic E-state index is 12.4. The molecular weight excluding hydrogens is 302 g/mol. The minimum Gasteiger partial charge on any atom is -0.395 e. The van der Waals surface area contributed by atoms with Gasteiger partial charge < -0.3 is 20.2 Å². The third-order valence-electron chi connectivity index (χ3n) is 3.74. The van der Waals surface area contributed by atoms with E-state index in [1.54, 1.807) is 4.90 Å². The molecule has 0 unspecified atom stereocenters. The van der Waals surface area contributed by atoms with Crippen LogP contribution in [-0.4, -0.2) is 43.3 Å². The molecule has 0 fully saturated rings. The fraction of sp³-hybridized carbons (Fsp3) is 0.316. The van der Waals surface area contributed by atoms with E-state index in [-0.39, 0.29) is 12.6 Å². The maximum absolute atomic E-state index is 12.4. The number of aliphatic hydroxyl groups excluding tert-OH is 1. The Morgan fingerprint density at radius 1 is 1.04 bits per heavy atom. The van der Waals surface area contributed by atoms with Gasteiger partial charge in [-0.25, -0.2) is 4.79 Å². The number of hydrogen-bond acceptors (Lipinski definition) is 3. The first-order valence-electron chi connectivity index (χ1n) is 8.04. The van der Waals surface area contributed by atoms with Crippen molar-refractivity contribution >= 4 is 11.7 Å². The molecule has 0 heterocycles. The van der Waals surface area contributed by atoms with Crippen LogP contribution in [0, 0.1) is 0 Å². The molecule has 2 rings (SSSR count). The Bertz CT molecular complexity index is 644. The molecule has 0 radical (unpaired) electrons. The molecule has 0 aliphatic rings. The van der Waals surface area contributed by atoms with E-state index in [2.05, 4.69) is 5.32 Å². The second-order valence-electron chi connectivity index (χ2n) is 5.85. The van der Waals surface area contributed by atoms with E-state index in [9.17, 15) is 9.90 Å². The number of anilines is 1. The molecule has 5 nitrogen and oxygen atoms in total. The molecule has 128 valence electrons. The Morgan fingerprint density at radius 3 is 2.42 bits per heavy atom. The summed E-state index contributed by atoms with van der Waals surface area (Å²) in [4.78, 5) is 16.1. The number of rotatable bonds is 7. The Balaban J connectivity index is 1.96. The molecule has 0 aliphatic heterocycles. The fourth-order valence-corrected chi connectivity index (χ4v) is 2.41. The average molecular weight is 327 g/mol. The molecule has 0 bridgehead atoms. The summed E-state index contributed by atoms with van der Waals surface area (Å²) in [6.07, 6.45) is 0. The predicted molar refractivity (Wildman–Crippen MR) is 96.9 cm³/mol. The normalized spacial score (nSPS) is 10.3. The lowest BCUT2D eigenvalue weighted by Gasteiger charge is -2.22. The largest absolute Gasteiger partial charge is 0.395 e. The van der Waals surface area contributed by atoms with Crippen molar-refractivity contribution in [2.24, 2.45) is 0 Å². The minimum atomic E-state index is -0.178. The number of hydrogen-bond donors (Lipinski definition) is 2. The zero-order valence-electron chi connectivity index (χ0n) is 14.3. The molecule has 0 aliphatic carbocycles. The SMILES string of the molecule is CN(C)c1cccc(CNC(=O)N(CCO)Cc2ccccc2)c1. The Hall–Kier alpha value is -2.53. The van der Waals surface area contributed by atoms with Crippen LogP contribution < -0.4 is 10.2 Å². The summed E-state index contributed by atoms with van der Waals surface area (Å²) in [6, 6.07) is 17.6. The van der Waals surface area contributed by atoms with Gasteiger partial charge in [0, 0.05) is 39.4 Å². The predicted octanol–water partition coefficient (Wildman–Crippen LogP) is 2.46.